The van der Waals surface area contributed by atoms with Gasteiger partial charge >= 0.3 is 0 Å². The standard InChI is InChI=1S/C19H33N3O.2ClH/c23-19(18-14-15-6-1-4-9-17(15)20-18)22-11-5-10-21(12-13-22)16-7-2-3-8-16;;/h15-18,20H,1-14H2;2*1H. The summed E-state index contributed by atoms with van der Waals surface area (Å²) in [5.41, 5.74) is 0. The molecule has 4 aliphatic rings. The molecule has 2 aliphatic heterocycles. The van der Waals surface area contributed by atoms with Gasteiger partial charge in [0.25, 0.3) is 0 Å². The van der Waals surface area contributed by atoms with Crippen LogP contribution in [0.4, 0.5) is 0 Å². The number of hydrogen-bond acceptors (Lipinski definition) is 3. The van der Waals surface area contributed by atoms with Gasteiger partial charge in [0.05, 0.1) is 6.04 Å². The third-order valence-corrected chi connectivity index (χ3v) is 6.84. The average Bonchev–Trinajstić information content (AvgIpc) is 3.19. The number of carbonyl (C=O) groups excluding carboxylic acids is 1. The van der Waals surface area contributed by atoms with Gasteiger partial charge < -0.3 is 10.2 Å². The van der Waals surface area contributed by atoms with E-state index in [4.69, 9.17) is 0 Å². The van der Waals surface area contributed by atoms with Gasteiger partial charge in [-0.2, -0.15) is 0 Å². The van der Waals surface area contributed by atoms with Gasteiger partial charge in [-0.3, -0.25) is 9.69 Å². The van der Waals surface area contributed by atoms with E-state index in [1.54, 1.807) is 0 Å². The Hall–Kier alpha value is -0.0300. The highest BCUT2D eigenvalue weighted by molar-refractivity contribution is 5.85. The number of fused-ring (bicyclic) bond motifs is 1. The zero-order chi connectivity index (χ0) is 15.6. The fourth-order valence-corrected chi connectivity index (χ4v) is 5.52. The number of amides is 1. The van der Waals surface area contributed by atoms with Gasteiger partial charge in [0.1, 0.15) is 0 Å². The number of hydrogen-bond donors (Lipinski definition) is 1. The second kappa shape index (κ2) is 9.77. The predicted octanol–water partition coefficient (Wildman–Crippen LogP) is 3.23. The minimum absolute atomic E-state index is 0. The maximum Gasteiger partial charge on any atom is 0.239 e. The molecule has 4 rings (SSSR count). The Bertz CT molecular complexity index is 417. The monoisotopic (exact) mass is 391 g/mol. The summed E-state index contributed by atoms with van der Waals surface area (Å²) in [7, 11) is 0. The molecule has 4 fully saturated rings. The molecule has 0 bridgehead atoms. The van der Waals surface area contributed by atoms with Crippen molar-refractivity contribution in [3.05, 3.63) is 0 Å². The first-order valence-electron chi connectivity index (χ1n) is 10.1. The molecule has 2 heterocycles. The van der Waals surface area contributed by atoms with Crippen molar-refractivity contribution < 1.29 is 4.79 Å². The van der Waals surface area contributed by atoms with Gasteiger partial charge in [0.2, 0.25) is 5.91 Å². The first kappa shape index (κ1) is 21.3. The van der Waals surface area contributed by atoms with Crippen LogP contribution in [0.25, 0.3) is 0 Å². The summed E-state index contributed by atoms with van der Waals surface area (Å²) in [5, 5.41) is 3.67. The Morgan fingerprint density at radius 2 is 1.52 bits per heavy atom. The van der Waals surface area contributed by atoms with Crippen LogP contribution < -0.4 is 5.32 Å². The molecule has 0 aromatic rings. The van der Waals surface area contributed by atoms with E-state index in [2.05, 4.69) is 15.1 Å². The minimum atomic E-state index is 0. The van der Waals surface area contributed by atoms with Gasteiger partial charge in [-0.15, -0.1) is 24.8 Å². The zero-order valence-corrected chi connectivity index (χ0v) is 17.0. The van der Waals surface area contributed by atoms with E-state index < -0.39 is 0 Å². The maximum absolute atomic E-state index is 13.0. The Morgan fingerprint density at radius 3 is 2.28 bits per heavy atom. The topological polar surface area (TPSA) is 35.6 Å². The molecule has 2 saturated heterocycles. The van der Waals surface area contributed by atoms with Crippen LogP contribution in [0.15, 0.2) is 0 Å². The van der Waals surface area contributed by atoms with Crippen molar-refractivity contribution in [1.29, 1.82) is 0 Å². The van der Waals surface area contributed by atoms with Crippen molar-refractivity contribution in [3.8, 4) is 0 Å². The van der Waals surface area contributed by atoms with Crippen LogP contribution in [0.3, 0.4) is 0 Å². The molecule has 0 spiro atoms. The average molecular weight is 392 g/mol. The summed E-state index contributed by atoms with van der Waals surface area (Å²) < 4.78 is 0. The molecular weight excluding hydrogens is 357 g/mol. The van der Waals surface area contributed by atoms with Crippen LogP contribution in [0, 0.1) is 5.92 Å². The molecule has 0 aromatic heterocycles. The highest BCUT2D eigenvalue weighted by atomic mass is 35.5. The summed E-state index contributed by atoms with van der Waals surface area (Å²) in [6.45, 7) is 4.20. The molecular formula is C19H35Cl2N3O. The van der Waals surface area contributed by atoms with Crippen LogP contribution in [-0.4, -0.2) is 60.0 Å². The van der Waals surface area contributed by atoms with E-state index >= 15 is 0 Å². The lowest BCUT2D eigenvalue weighted by atomic mass is 9.85. The molecule has 146 valence electrons. The molecule has 2 aliphatic carbocycles. The van der Waals surface area contributed by atoms with Gasteiger partial charge in [0, 0.05) is 38.3 Å². The quantitative estimate of drug-likeness (QED) is 0.784. The third kappa shape index (κ3) is 4.82. The van der Waals surface area contributed by atoms with Gasteiger partial charge in [0.15, 0.2) is 0 Å². The molecule has 1 N–H and O–H groups in total. The number of rotatable bonds is 2. The predicted molar refractivity (Wildman–Crippen MR) is 107 cm³/mol. The Balaban J connectivity index is 0.00000113. The van der Waals surface area contributed by atoms with Crippen molar-refractivity contribution in [3.63, 3.8) is 0 Å². The van der Waals surface area contributed by atoms with Crippen LogP contribution >= 0.6 is 24.8 Å². The summed E-state index contributed by atoms with van der Waals surface area (Å²) in [4.78, 5) is 17.8. The number of nitrogens with zero attached hydrogens (tertiary/aromatic N) is 2. The molecule has 3 atom stereocenters. The van der Waals surface area contributed by atoms with E-state index in [0.717, 1.165) is 44.4 Å². The molecule has 6 heteroatoms. The lowest BCUT2D eigenvalue weighted by Crippen LogP contribution is -2.47. The SMILES string of the molecule is Cl.Cl.O=C(C1CC2CCCCC2N1)N1CCCN(C2CCCC2)CC1. The summed E-state index contributed by atoms with van der Waals surface area (Å²) in [5.74, 6) is 1.16. The van der Waals surface area contributed by atoms with E-state index in [9.17, 15) is 4.79 Å². The lowest BCUT2D eigenvalue weighted by molar-refractivity contribution is -0.133. The Kier molecular flexibility index (Phi) is 8.32. The number of nitrogens with one attached hydrogen (secondary N) is 1. The second-order valence-electron chi connectivity index (χ2n) is 8.26. The van der Waals surface area contributed by atoms with Crippen LogP contribution in [0.1, 0.15) is 64.2 Å². The Labute approximate surface area is 165 Å². The summed E-state index contributed by atoms with van der Waals surface area (Å²) in [6, 6.07) is 1.54. The molecule has 25 heavy (non-hydrogen) atoms. The normalized spacial score (nSPS) is 33.9. The largest absolute Gasteiger partial charge is 0.340 e. The first-order valence-corrected chi connectivity index (χ1v) is 10.1. The molecule has 1 amide bonds. The van der Waals surface area contributed by atoms with Gasteiger partial charge in [-0.25, -0.2) is 0 Å². The van der Waals surface area contributed by atoms with Crippen LogP contribution in [0.5, 0.6) is 0 Å². The third-order valence-electron chi connectivity index (χ3n) is 6.84. The minimum Gasteiger partial charge on any atom is -0.340 e. The molecule has 3 unspecified atom stereocenters. The smallest absolute Gasteiger partial charge is 0.239 e. The van der Waals surface area contributed by atoms with E-state index in [0.29, 0.717) is 11.9 Å². The van der Waals surface area contributed by atoms with Crippen molar-refractivity contribution >= 4 is 30.7 Å². The van der Waals surface area contributed by atoms with E-state index in [1.165, 1.54) is 57.9 Å². The molecule has 0 radical (unpaired) electrons. The molecule has 0 aromatic carbocycles. The maximum atomic E-state index is 13.0. The first-order chi connectivity index (χ1) is 11.3. The number of halogens is 2. The Morgan fingerprint density at radius 1 is 0.800 bits per heavy atom. The van der Waals surface area contributed by atoms with Crippen molar-refractivity contribution in [2.75, 3.05) is 26.2 Å². The van der Waals surface area contributed by atoms with E-state index in [-0.39, 0.29) is 30.9 Å². The molecule has 2 saturated carbocycles. The fourth-order valence-electron chi connectivity index (χ4n) is 5.52. The summed E-state index contributed by atoms with van der Waals surface area (Å²) >= 11 is 0. The van der Waals surface area contributed by atoms with Crippen LogP contribution in [-0.2, 0) is 4.79 Å². The zero-order valence-electron chi connectivity index (χ0n) is 15.3. The highest BCUT2D eigenvalue weighted by Gasteiger charge is 2.40. The lowest BCUT2D eigenvalue weighted by Gasteiger charge is -2.28. The molecule has 4 nitrogen and oxygen atoms in total. The highest BCUT2D eigenvalue weighted by Crippen LogP contribution is 2.34. The van der Waals surface area contributed by atoms with Crippen molar-refractivity contribution in [2.45, 2.75) is 82.3 Å². The van der Waals surface area contributed by atoms with Gasteiger partial charge in [-0.05, 0) is 44.4 Å². The van der Waals surface area contributed by atoms with E-state index in [1.807, 2.05) is 0 Å². The summed E-state index contributed by atoms with van der Waals surface area (Å²) in [6.07, 6.45) is 13.1. The number of carbonyl (C=O) groups is 1. The van der Waals surface area contributed by atoms with Crippen molar-refractivity contribution in [1.82, 2.24) is 15.1 Å². The van der Waals surface area contributed by atoms with Crippen LogP contribution in [0.2, 0.25) is 0 Å². The fraction of sp³-hybridized carbons (Fsp3) is 0.947. The van der Waals surface area contributed by atoms with Crippen molar-refractivity contribution in [2.24, 2.45) is 5.92 Å². The van der Waals surface area contributed by atoms with Gasteiger partial charge in [-0.1, -0.05) is 25.7 Å². The second-order valence-corrected chi connectivity index (χ2v) is 8.26.